The van der Waals surface area contributed by atoms with Gasteiger partial charge in [0.2, 0.25) is 5.91 Å². The molecule has 7 heteroatoms. The molecule has 136 valence electrons. The summed E-state index contributed by atoms with van der Waals surface area (Å²) in [6.45, 7) is 4.24. The molecule has 3 rings (SSSR count). The highest BCUT2D eigenvalue weighted by molar-refractivity contribution is 5.93. The molecule has 1 atom stereocenters. The van der Waals surface area contributed by atoms with E-state index in [2.05, 4.69) is 9.97 Å². The van der Waals surface area contributed by atoms with E-state index >= 15 is 0 Å². The van der Waals surface area contributed by atoms with Gasteiger partial charge in [0, 0.05) is 45.5 Å². The number of likely N-dealkylation sites (tertiary alicyclic amines) is 2. The van der Waals surface area contributed by atoms with E-state index < -0.39 is 0 Å². The number of hydrogen-bond donors (Lipinski definition) is 1. The van der Waals surface area contributed by atoms with E-state index in [1.807, 2.05) is 4.90 Å². The van der Waals surface area contributed by atoms with Crippen LogP contribution in [0.15, 0.2) is 12.4 Å². The van der Waals surface area contributed by atoms with E-state index in [1.165, 1.54) is 0 Å². The summed E-state index contributed by atoms with van der Waals surface area (Å²) in [5, 5.41) is 9.62. The maximum atomic E-state index is 12.8. The lowest BCUT2D eigenvalue weighted by Crippen LogP contribution is -2.41. The first-order valence-corrected chi connectivity index (χ1v) is 9.07. The van der Waals surface area contributed by atoms with Crippen LogP contribution in [-0.4, -0.2) is 69.0 Å². The number of piperidine rings is 2. The molecule has 0 bridgehead atoms. The van der Waals surface area contributed by atoms with Gasteiger partial charge >= 0.3 is 0 Å². The number of rotatable bonds is 3. The number of carbonyl (C=O) groups is 2. The molecule has 1 unspecified atom stereocenters. The van der Waals surface area contributed by atoms with Gasteiger partial charge in [-0.15, -0.1) is 0 Å². The first-order valence-electron chi connectivity index (χ1n) is 9.07. The van der Waals surface area contributed by atoms with Crippen molar-refractivity contribution in [3.63, 3.8) is 0 Å². The van der Waals surface area contributed by atoms with Crippen molar-refractivity contribution in [2.45, 2.75) is 45.1 Å². The average molecular weight is 346 g/mol. The van der Waals surface area contributed by atoms with Crippen LogP contribution in [0.5, 0.6) is 0 Å². The fourth-order valence-electron chi connectivity index (χ4n) is 3.70. The monoisotopic (exact) mass is 346 g/mol. The smallest absolute Gasteiger partial charge is 0.274 e. The van der Waals surface area contributed by atoms with Gasteiger partial charge in [0.1, 0.15) is 5.69 Å². The number of aliphatic hydroxyl groups excluding tert-OH is 1. The molecule has 0 radical (unpaired) electrons. The van der Waals surface area contributed by atoms with Crippen LogP contribution in [0.3, 0.4) is 0 Å². The van der Waals surface area contributed by atoms with E-state index in [0.29, 0.717) is 49.7 Å². The molecule has 2 amide bonds. The van der Waals surface area contributed by atoms with Crippen LogP contribution < -0.4 is 0 Å². The number of carbonyl (C=O) groups excluding carboxylic acids is 2. The summed E-state index contributed by atoms with van der Waals surface area (Å²) in [6.07, 6.45) is 6.76. The predicted octanol–water partition coefficient (Wildman–Crippen LogP) is 0.874. The lowest BCUT2D eigenvalue weighted by molar-refractivity contribution is -0.130. The first-order chi connectivity index (χ1) is 12.0. The lowest BCUT2D eigenvalue weighted by Gasteiger charge is -2.32. The minimum atomic E-state index is -0.315. The third-order valence-electron chi connectivity index (χ3n) is 5.17. The van der Waals surface area contributed by atoms with Crippen LogP contribution in [0.25, 0.3) is 0 Å². The second kappa shape index (κ2) is 7.91. The Bertz CT molecular complexity index is 629. The van der Waals surface area contributed by atoms with Gasteiger partial charge in [-0.05, 0) is 38.0 Å². The summed E-state index contributed by atoms with van der Waals surface area (Å²) < 4.78 is 0. The summed E-state index contributed by atoms with van der Waals surface area (Å²) in [5.74, 6) is 0.310. The minimum absolute atomic E-state index is 0.103. The Morgan fingerprint density at radius 3 is 2.56 bits per heavy atom. The summed E-state index contributed by atoms with van der Waals surface area (Å²) in [7, 11) is 0. The normalized spacial score (nSPS) is 22.1. The predicted molar refractivity (Wildman–Crippen MR) is 91.9 cm³/mol. The third-order valence-corrected chi connectivity index (χ3v) is 5.17. The second-order valence-electron chi connectivity index (χ2n) is 7.05. The van der Waals surface area contributed by atoms with Gasteiger partial charge in [0.05, 0.1) is 11.8 Å². The number of nitrogens with zero attached hydrogens (tertiary/aromatic N) is 4. The number of amides is 2. The molecule has 2 fully saturated rings. The quantitative estimate of drug-likeness (QED) is 0.878. The van der Waals surface area contributed by atoms with Crippen LogP contribution in [0.2, 0.25) is 0 Å². The average Bonchev–Trinajstić information content (AvgIpc) is 2.62. The fourth-order valence-corrected chi connectivity index (χ4v) is 3.70. The van der Waals surface area contributed by atoms with Gasteiger partial charge in [-0.1, -0.05) is 0 Å². The van der Waals surface area contributed by atoms with Crippen molar-refractivity contribution >= 4 is 11.8 Å². The van der Waals surface area contributed by atoms with Crippen molar-refractivity contribution in [3.05, 3.63) is 23.8 Å². The molecule has 2 saturated heterocycles. The molecular formula is C18H26N4O3. The van der Waals surface area contributed by atoms with Crippen molar-refractivity contribution in [2.75, 3.05) is 26.2 Å². The van der Waals surface area contributed by atoms with Crippen LogP contribution >= 0.6 is 0 Å². The second-order valence-corrected chi connectivity index (χ2v) is 7.05. The van der Waals surface area contributed by atoms with Crippen LogP contribution in [-0.2, 0) is 11.2 Å². The Morgan fingerprint density at radius 2 is 1.84 bits per heavy atom. The fraction of sp³-hybridized carbons (Fsp3) is 0.667. The standard InChI is InChI=1S/C18H26N4O3/c1-13(23)22-8-2-3-14(12-22)11-16-17(20-7-6-19-16)18(25)21-9-4-15(24)5-10-21/h6-7,14-15,24H,2-5,8-12H2,1H3. The molecule has 25 heavy (non-hydrogen) atoms. The Morgan fingerprint density at radius 1 is 1.12 bits per heavy atom. The van der Waals surface area contributed by atoms with Crippen LogP contribution in [0.1, 0.15) is 48.8 Å². The zero-order valence-corrected chi connectivity index (χ0v) is 14.7. The summed E-state index contributed by atoms with van der Waals surface area (Å²) in [5.41, 5.74) is 1.13. The summed E-state index contributed by atoms with van der Waals surface area (Å²) in [4.78, 5) is 36.8. The SMILES string of the molecule is CC(=O)N1CCCC(Cc2nccnc2C(=O)N2CCC(O)CC2)C1. The molecule has 0 aliphatic carbocycles. The van der Waals surface area contributed by atoms with E-state index in [4.69, 9.17) is 0 Å². The van der Waals surface area contributed by atoms with Crippen molar-refractivity contribution in [1.82, 2.24) is 19.8 Å². The van der Waals surface area contributed by atoms with E-state index in [0.717, 1.165) is 25.9 Å². The van der Waals surface area contributed by atoms with E-state index in [1.54, 1.807) is 24.2 Å². The van der Waals surface area contributed by atoms with Crippen LogP contribution in [0, 0.1) is 5.92 Å². The molecule has 3 heterocycles. The zero-order chi connectivity index (χ0) is 17.8. The molecule has 0 saturated carbocycles. The van der Waals surface area contributed by atoms with Gasteiger partial charge < -0.3 is 14.9 Å². The topological polar surface area (TPSA) is 86.6 Å². The van der Waals surface area contributed by atoms with Crippen molar-refractivity contribution < 1.29 is 14.7 Å². The molecule has 7 nitrogen and oxygen atoms in total. The van der Waals surface area contributed by atoms with Gasteiger partial charge in [-0.3, -0.25) is 14.6 Å². The van der Waals surface area contributed by atoms with E-state index in [9.17, 15) is 14.7 Å². The first kappa shape index (κ1) is 17.8. The van der Waals surface area contributed by atoms with Crippen molar-refractivity contribution in [1.29, 1.82) is 0 Å². The highest BCUT2D eigenvalue weighted by Gasteiger charge is 2.28. The number of aliphatic hydroxyl groups is 1. The van der Waals surface area contributed by atoms with Crippen molar-refractivity contribution in [2.24, 2.45) is 5.92 Å². The van der Waals surface area contributed by atoms with Crippen molar-refractivity contribution in [3.8, 4) is 0 Å². The summed E-state index contributed by atoms with van der Waals surface area (Å²) >= 11 is 0. The molecule has 1 N–H and O–H groups in total. The third kappa shape index (κ3) is 4.34. The molecular weight excluding hydrogens is 320 g/mol. The Hall–Kier alpha value is -2.02. The van der Waals surface area contributed by atoms with Gasteiger partial charge in [-0.2, -0.15) is 0 Å². The maximum Gasteiger partial charge on any atom is 0.274 e. The maximum absolute atomic E-state index is 12.8. The number of aromatic nitrogens is 2. The van der Waals surface area contributed by atoms with Crippen LogP contribution in [0.4, 0.5) is 0 Å². The molecule has 2 aliphatic rings. The Balaban J connectivity index is 1.70. The lowest BCUT2D eigenvalue weighted by atomic mass is 9.92. The Kier molecular flexibility index (Phi) is 5.63. The molecule has 2 aliphatic heterocycles. The van der Waals surface area contributed by atoms with Gasteiger partial charge in [-0.25, -0.2) is 4.98 Å². The Labute approximate surface area is 148 Å². The molecule has 1 aromatic heterocycles. The van der Waals surface area contributed by atoms with Gasteiger partial charge in [0.25, 0.3) is 5.91 Å². The summed E-state index contributed by atoms with van der Waals surface area (Å²) in [6, 6.07) is 0. The minimum Gasteiger partial charge on any atom is -0.393 e. The highest BCUT2D eigenvalue weighted by Crippen LogP contribution is 2.22. The molecule has 1 aromatic rings. The largest absolute Gasteiger partial charge is 0.393 e. The molecule has 0 spiro atoms. The highest BCUT2D eigenvalue weighted by atomic mass is 16.3. The molecule has 0 aromatic carbocycles. The zero-order valence-electron chi connectivity index (χ0n) is 14.7. The van der Waals surface area contributed by atoms with E-state index in [-0.39, 0.29) is 17.9 Å². The number of hydrogen-bond acceptors (Lipinski definition) is 5. The van der Waals surface area contributed by atoms with Gasteiger partial charge in [0.15, 0.2) is 0 Å².